The molecule has 0 aliphatic heterocycles. The lowest BCUT2D eigenvalue weighted by Gasteiger charge is -1.96. The third-order valence-corrected chi connectivity index (χ3v) is 1.87. The molecule has 0 bridgehead atoms. The van der Waals surface area contributed by atoms with Gasteiger partial charge in [-0.25, -0.2) is 0 Å². The molecule has 1 aromatic carbocycles. The molecule has 1 aromatic heterocycles. The fraction of sp³-hybridized carbons (Fsp3) is 0. The third-order valence-electron chi connectivity index (χ3n) is 1.65. The van der Waals surface area contributed by atoms with E-state index in [1.54, 1.807) is 6.07 Å². The van der Waals surface area contributed by atoms with Crippen molar-refractivity contribution < 1.29 is 4.79 Å². The first kappa shape index (κ1) is 8.00. The van der Waals surface area contributed by atoms with Crippen LogP contribution in [0.5, 0.6) is 0 Å². The molecule has 0 aliphatic carbocycles. The Morgan fingerprint density at radius 2 is 2.23 bits per heavy atom. The molecule has 0 radical (unpaired) electrons. The number of nitrogens with two attached hydrogens (primary N) is 1. The van der Waals surface area contributed by atoms with Crippen molar-refractivity contribution in [2.75, 3.05) is 0 Å². The summed E-state index contributed by atoms with van der Waals surface area (Å²) in [5, 5.41) is 10.4. The quantitative estimate of drug-likeness (QED) is 0.705. The molecule has 0 spiro atoms. The van der Waals surface area contributed by atoms with E-state index in [1.165, 1.54) is 6.07 Å². The number of carbonyl (C=O) groups excluding carboxylic acids is 1. The second-order valence-electron chi connectivity index (χ2n) is 2.51. The molecule has 3 N–H and O–H groups in total. The molecule has 0 saturated heterocycles. The van der Waals surface area contributed by atoms with Crippen molar-refractivity contribution in [2.45, 2.75) is 0 Å². The van der Waals surface area contributed by atoms with Gasteiger partial charge in [0, 0.05) is 5.02 Å². The number of fused-ring (bicyclic) bond motifs is 1. The van der Waals surface area contributed by atoms with Crippen molar-refractivity contribution in [3.63, 3.8) is 0 Å². The minimum atomic E-state index is -0.568. The molecule has 2 rings (SSSR count). The second kappa shape index (κ2) is 2.70. The monoisotopic (exact) mass is 196 g/mol. The molecule has 66 valence electrons. The van der Waals surface area contributed by atoms with Gasteiger partial charge in [0.05, 0.1) is 5.56 Å². The van der Waals surface area contributed by atoms with Crippen molar-refractivity contribution in [1.82, 2.24) is 15.4 Å². The van der Waals surface area contributed by atoms with Crippen molar-refractivity contribution in [3.8, 4) is 0 Å². The number of nitrogens with zero attached hydrogens (tertiary/aromatic N) is 2. The summed E-state index contributed by atoms with van der Waals surface area (Å²) >= 11 is 5.74. The Kier molecular flexibility index (Phi) is 1.66. The van der Waals surface area contributed by atoms with Crippen LogP contribution in [0.2, 0.25) is 5.02 Å². The molecule has 2 aromatic rings. The molecule has 0 aliphatic rings. The van der Waals surface area contributed by atoms with E-state index >= 15 is 0 Å². The molecule has 1 amide bonds. The number of amides is 1. The number of H-pyrrole nitrogens is 1. The number of rotatable bonds is 1. The van der Waals surface area contributed by atoms with Crippen LogP contribution in [-0.4, -0.2) is 21.3 Å². The highest BCUT2D eigenvalue weighted by molar-refractivity contribution is 6.32. The smallest absolute Gasteiger partial charge is 0.251 e. The Balaban J connectivity index is 2.84. The largest absolute Gasteiger partial charge is 0.366 e. The predicted molar refractivity (Wildman–Crippen MR) is 47.4 cm³/mol. The van der Waals surface area contributed by atoms with E-state index in [9.17, 15) is 4.79 Å². The minimum absolute atomic E-state index is 0.274. The number of aromatic nitrogens is 3. The minimum Gasteiger partial charge on any atom is -0.366 e. The van der Waals surface area contributed by atoms with Crippen molar-refractivity contribution >= 4 is 28.5 Å². The van der Waals surface area contributed by atoms with Gasteiger partial charge in [-0.15, -0.1) is 0 Å². The Morgan fingerprint density at radius 3 is 2.92 bits per heavy atom. The number of carbonyl (C=O) groups is 1. The molecule has 1 heterocycles. The van der Waals surface area contributed by atoms with E-state index in [0.717, 1.165) is 0 Å². The third kappa shape index (κ3) is 1.23. The molecule has 0 saturated carbocycles. The van der Waals surface area contributed by atoms with E-state index in [4.69, 9.17) is 17.3 Å². The van der Waals surface area contributed by atoms with Gasteiger partial charge in [-0.2, -0.15) is 15.4 Å². The van der Waals surface area contributed by atoms with Gasteiger partial charge in [0.2, 0.25) is 0 Å². The molecule has 13 heavy (non-hydrogen) atoms. The zero-order valence-electron chi connectivity index (χ0n) is 6.41. The first-order valence-electron chi connectivity index (χ1n) is 3.48. The average Bonchev–Trinajstić information content (AvgIpc) is 2.49. The lowest BCUT2D eigenvalue weighted by molar-refractivity contribution is 0.100. The van der Waals surface area contributed by atoms with Crippen LogP contribution in [0, 0.1) is 0 Å². The lowest BCUT2D eigenvalue weighted by atomic mass is 10.2. The van der Waals surface area contributed by atoms with Crippen LogP contribution in [0.15, 0.2) is 12.1 Å². The number of benzene rings is 1. The molecular formula is C7H5ClN4O. The van der Waals surface area contributed by atoms with Crippen LogP contribution in [0.1, 0.15) is 10.4 Å². The first-order valence-corrected chi connectivity index (χ1v) is 3.86. The normalized spacial score (nSPS) is 10.5. The topological polar surface area (TPSA) is 84.7 Å². The van der Waals surface area contributed by atoms with Gasteiger partial charge in [-0.3, -0.25) is 4.79 Å². The van der Waals surface area contributed by atoms with Crippen molar-refractivity contribution in [1.29, 1.82) is 0 Å². The number of hydrogen-bond acceptors (Lipinski definition) is 3. The lowest BCUT2D eigenvalue weighted by Crippen LogP contribution is -2.11. The van der Waals surface area contributed by atoms with Crippen LogP contribution >= 0.6 is 11.6 Å². The first-order chi connectivity index (χ1) is 6.18. The summed E-state index contributed by atoms with van der Waals surface area (Å²) in [5.41, 5.74) is 6.37. The number of hydrogen-bond donors (Lipinski definition) is 2. The fourth-order valence-corrected chi connectivity index (χ4v) is 1.32. The van der Waals surface area contributed by atoms with Crippen molar-refractivity contribution in [3.05, 3.63) is 22.7 Å². The fourth-order valence-electron chi connectivity index (χ4n) is 1.10. The number of halogens is 1. The van der Waals surface area contributed by atoms with Crippen LogP contribution in [-0.2, 0) is 0 Å². The summed E-state index contributed by atoms with van der Waals surface area (Å²) in [6.07, 6.45) is 0. The van der Waals surface area contributed by atoms with Gasteiger partial charge in [-0.05, 0) is 12.1 Å². The van der Waals surface area contributed by atoms with Crippen LogP contribution in [0.4, 0.5) is 0 Å². The van der Waals surface area contributed by atoms with Crippen LogP contribution in [0.3, 0.4) is 0 Å². The van der Waals surface area contributed by atoms with E-state index in [2.05, 4.69) is 15.4 Å². The summed E-state index contributed by atoms with van der Waals surface area (Å²) in [6.45, 7) is 0. The average molecular weight is 197 g/mol. The summed E-state index contributed by atoms with van der Waals surface area (Å²) in [4.78, 5) is 10.9. The number of nitrogens with one attached hydrogen (secondary N) is 1. The van der Waals surface area contributed by atoms with Gasteiger partial charge in [0.1, 0.15) is 11.0 Å². The summed E-state index contributed by atoms with van der Waals surface area (Å²) < 4.78 is 0. The summed E-state index contributed by atoms with van der Waals surface area (Å²) in [6, 6.07) is 3.07. The van der Waals surface area contributed by atoms with E-state index in [-0.39, 0.29) is 5.56 Å². The number of aromatic amines is 1. The Labute approximate surface area is 77.9 Å². The highest BCUT2D eigenvalue weighted by Crippen LogP contribution is 2.19. The molecule has 5 nitrogen and oxygen atoms in total. The van der Waals surface area contributed by atoms with Crippen LogP contribution in [0.25, 0.3) is 11.0 Å². The molecule has 0 fully saturated rings. The zero-order chi connectivity index (χ0) is 9.42. The van der Waals surface area contributed by atoms with Gasteiger partial charge >= 0.3 is 0 Å². The van der Waals surface area contributed by atoms with Gasteiger partial charge in [0.25, 0.3) is 5.91 Å². The second-order valence-corrected chi connectivity index (χ2v) is 2.95. The van der Waals surface area contributed by atoms with E-state index in [1.807, 2.05) is 0 Å². The predicted octanol–water partition coefficient (Wildman–Crippen LogP) is 0.710. The molecular weight excluding hydrogens is 192 g/mol. The highest BCUT2D eigenvalue weighted by Gasteiger charge is 2.10. The Morgan fingerprint density at radius 1 is 1.46 bits per heavy atom. The Hall–Kier alpha value is -1.62. The molecule has 6 heteroatoms. The maximum atomic E-state index is 10.9. The highest BCUT2D eigenvalue weighted by atomic mass is 35.5. The Bertz CT molecular complexity index is 478. The standard InChI is InChI=1S/C7H5ClN4O/c8-3-1-4(7(9)13)6-5(2-3)10-12-11-6/h1-2H,(H2,9,13)(H,10,11,12). The maximum absolute atomic E-state index is 10.9. The van der Waals surface area contributed by atoms with Crippen LogP contribution < -0.4 is 5.73 Å². The maximum Gasteiger partial charge on any atom is 0.251 e. The summed E-state index contributed by atoms with van der Waals surface area (Å²) in [5.74, 6) is -0.568. The summed E-state index contributed by atoms with van der Waals surface area (Å²) in [7, 11) is 0. The molecule has 0 unspecified atom stereocenters. The van der Waals surface area contributed by atoms with Gasteiger partial charge in [0.15, 0.2) is 0 Å². The van der Waals surface area contributed by atoms with E-state index in [0.29, 0.717) is 16.1 Å². The van der Waals surface area contributed by atoms with Gasteiger partial charge < -0.3 is 5.73 Å². The number of primary amides is 1. The van der Waals surface area contributed by atoms with Crippen molar-refractivity contribution in [2.24, 2.45) is 5.73 Å². The van der Waals surface area contributed by atoms with E-state index < -0.39 is 5.91 Å². The molecule has 0 atom stereocenters. The SMILES string of the molecule is NC(=O)c1cc(Cl)cc2n[nH]nc12. The van der Waals surface area contributed by atoms with Gasteiger partial charge in [-0.1, -0.05) is 11.6 Å². The zero-order valence-corrected chi connectivity index (χ0v) is 7.17.